The third-order valence-corrected chi connectivity index (χ3v) is 4.72. The number of aliphatic hydroxyl groups is 1. The second kappa shape index (κ2) is 6.94. The van der Waals surface area contributed by atoms with E-state index in [0.29, 0.717) is 0 Å². The molecule has 0 amide bonds. The normalized spacial score (nSPS) is 13.8. The number of methoxy groups -OCH3 is 1. The highest BCUT2D eigenvalue weighted by molar-refractivity contribution is 5.78. The van der Waals surface area contributed by atoms with Crippen LogP contribution in [0.15, 0.2) is 55.1 Å². The number of ether oxygens (including phenoxy) is 1. The molecule has 2 atom stereocenters. The molecule has 7 heteroatoms. The molecule has 0 radical (unpaired) electrons. The van der Waals surface area contributed by atoms with E-state index >= 15 is 0 Å². The lowest BCUT2D eigenvalue weighted by molar-refractivity contribution is 0.125. The molecule has 2 unspecified atom stereocenters. The molecule has 4 rings (SSSR count). The Kier molecular flexibility index (Phi) is 4.47. The van der Waals surface area contributed by atoms with Gasteiger partial charge < -0.3 is 9.84 Å². The topological polar surface area (TPSA) is 78.0 Å². The van der Waals surface area contributed by atoms with Crippen molar-refractivity contribution in [3.05, 3.63) is 72.1 Å². The summed E-state index contributed by atoms with van der Waals surface area (Å²) >= 11 is 0. The van der Waals surface area contributed by atoms with Gasteiger partial charge in [-0.05, 0) is 42.3 Å². The van der Waals surface area contributed by atoms with Crippen LogP contribution in [0.1, 0.15) is 36.1 Å². The van der Waals surface area contributed by atoms with E-state index < -0.39 is 6.10 Å². The van der Waals surface area contributed by atoms with Gasteiger partial charge in [0, 0.05) is 19.8 Å². The Balaban J connectivity index is 1.77. The number of aromatic nitrogens is 5. The van der Waals surface area contributed by atoms with Gasteiger partial charge in [-0.1, -0.05) is 18.2 Å². The summed E-state index contributed by atoms with van der Waals surface area (Å²) in [6.07, 6.45) is 2.49. The van der Waals surface area contributed by atoms with Gasteiger partial charge in [0.15, 0.2) is 5.82 Å². The first kappa shape index (κ1) is 17.4. The van der Waals surface area contributed by atoms with Gasteiger partial charge >= 0.3 is 0 Å². The summed E-state index contributed by atoms with van der Waals surface area (Å²) in [4.78, 5) is 8.81. The lowest BCUT2D eigenvalue weighted by Gasteiger charge is -2.16. The maximum atomic E-state index is 9.78. The zero-order chi connectivity index (χ0) is 19.0. The molecule has 2 aromatic carbocycles. The summed E-state index contributed by atoms with van der Waals surface area (Å²) in [5.74, 6) is 0.742. The zero-order valence-corrected chi connectivity index (χ0v) is 15.4. The number of rotatable bonds is 5. The summed E-state index contributed by atoms with van der Waals surface area (Å²) in [6.45, 7) is 1.75. The van der Waals surface area contributed by atoms with Crippen LogP contribution >= 0.6 is 0 Å². The summed E-state index contributed by atoms with van der Waals surface area (Å²) in [7, 11) is 3.51. The number of aryl methyl sites for hydroxylation is 1. The Hall–Kier alpha value is -3.03. The molecule has 138 valence electrons. The highest BCUT2D eigenvalue weighted by atomic mass is 16.5. The molecule has 0 aliphatic rings. The molecular weight excluding hydrogens is 342 g/mol. The Labute approximate surface area is 156 Å². The third-order valence-electron chi connectivity index (χ3n) is 4.72. The van der Waals surface area contributed by atoms with Crippen molar-refractivity contribution in [1.29, 1.82) is 0 Å². The maximum absolute atomic E-state index is 9.78. The van der Waals surface area contributed by atoms with E-state index in [4.69, 9.17) is 4.74 Å². The summed E-state index contributed by atoms with van der Waals surface area (Å²) < 4.78 is 9.42. The molecule has 0 spiro atoms. The lowest BCUT2D eigenvalue weighted by Crippen LogP contribution is -2.11. The van der Waals surface area contributed by atoms with Gasteiger partial charge in [0.1, 0.15) is 18.8 Å². The first-order chi connectivity index (χ1) is 13.1. The average molecular weight is 363 g/mol. The molecule has 2 aromatic heterocycles. The molecule has 0 saturated carbocycles. The van der Waals surface area contributed by atoms with E-state index in [9.17, 15) is 5.11 Å². The number of aliphatic hydroxyl groups excluding tert-OH is 1. The third kappa shape index (κ3) is 3.11. The quantitative estimate of drug-likeness (QED) is 0.590. The second-order valence-electron chi connectivity index (χ2n) is 6.49. The van der Waals surface area contributed by atoms with Gasteiger partial charge in [0.2, 0.25) is 0 Å². The van der Waals surface area contributed by atoms with Crippen molar-refractivity contribution in [3.63, 3.8) is 0 Å². The molecule has 0 bridgehead atoms. The van der Waals surface area contributed by atoms with Crippen molar-refractivity contribution in [2.24, 2.45) is 7.05 Å². The van der Waals surface area contributed by atoms with Crippen LogP contribution in [0, 0.1) is 0 Å². The number of benzene rings is 2. The lowest BCUT2D eigenvalue weighted by atomic mass is 10.1. The molecule has 0 fully saturated rings. The Morgan fingerprint density at radius 1 is 1.07 bits per heavy atom. The largest absolute Gasteiger partial charge is 0.389 e. The molecule has 0 saturated heterocycles. The van der Waals surface area contributed by atoms with Crippen LogP contribution in [0.4, 0.5) is 0 Å². The maximum Gasteiger partial charge on any atom is 0.160 e. The highest BCUT2D eigenvalue weighted by Gasteiger charge is 2.19. The molecule has 1 N–H and O–H groups in total. The number of fused-ring (bicyclic) bond motifs is 1. The van der Waals surface area contributed by atoms with Crippen LogP contribution in [0.5, 0.6) is 0 Å². The SMILES string of the molecule is COC(c1cccc(-n2cnc3cc(C(C)O)ccc32)c1)c1ncnn1C. The minimum absolute atomic E-state index is 0.311. The van der Waals surface area contributed by atoms with Gasteiger partial charge in [-0.2, -0.15) is 5.10 Å². The summed E-state index contributed by atoms with van der Waals surface area (Å²) in [5, 5.41) is 13.9. The monoisotopic (exact) mass is 363 g/mol. The van der Waals surface area contributed by atoms with Gasteiger partial charge in [-0.3, -0.25) is 9.25 Å². The smallest absolute Gasteiger partial charge is 0.160 e. The summed E-state index contributed by atoms with van der Waals surface area (Å²) in [5.41, 5.74) is 4.63. The first-order valence-electron chi connectivity index (χ1n) is 8.70. The first-order valence-corrected chi connectivity index (χ1v) is 8.70. The molecule has 4 aromatic rings. The van der Waals surface area contributed by atoms with Crippen molar-refractivity contribution in [2.45, 2.75) is 19.1 Å². The fourth-order valence-corrected chi connectivity index (χ4v) is 3.27. The van der Waals surface area contributed by atoms with Crippen molar-refractivity contribution in [1.82, 2.24) is 24.3 Å². The van der Waals surface area contributed by atoms with Crippen LogP contribution in [0.2, 0.25) is 0 Å². The van der Waals surface area contributed by atoms with Crippen LogP contribution in [0.25, 0.3) is 16.7 Å². The predicted molar refractivity (Wildman–Crippen MR) is 102 cm³/mol. The van der Waals surface area contributed by atoms with Crippen LogP contribution in [-0.4, -0.2) is 36.5 Å². The molecule has 27 heavy (non-hydrogen) atoms. The van der Waals surface area contributed by atoms with E-state index in [2.05, 4.69) is 21.1 Å². The highest BCUT2D eigenvalue weighted by Crippen LogP contribution is 2.27. The van der Waals surface area contributed by atoms with Crippen LogP contribution in [0.3, 0.4) is 0 Å². The summed E-state index contributed by atoms with van der Waals surface area (Å²) in [6, 6.07) is 13.9. The van der Waals surface area contributed by atoms with Crippen molar-refractivity contribution in [2.75, 3.05) is 7.11 Å². The number of imidazole rings is 1. The average Bonchev–Trinajstić information content (AvgIpc) is 3.28. The molecular formula is C20H21N5O2. The second-order valence-corrected chi connectivity index (χ2v) is 6.49. The van der Waals surface area contributed by atoms with Crippen LogP contribution < -0.4 is 0 Å². The van der Waals surface area contributed by atoms with E-state index in [1.54, 1.807) is 25.0 Å². The Morgan fingerprint density at radius 2 is 1.93 bits per heavy atom. The van der Waals surface area contributed by atoms with Gasteiger partial charge in [-0.25, -0.2) is 9.97 Å². The fourth-order valence-electron chi connectivity index (χ4n) is 3.27. The van der Waals surface area contributed by atoms with Crippen molar-refractivity contribution in [3.8, 4) is 5.69 Å². The fraction of sp³-hybridized carbons (Fsp3) is 0.250. The minimum atomic E-state index is -0.517. The molecule has 0 aliphatic carbocycles. The van der Waals surface area contributed by atoms with Gasteiger partial charge in [0.25, 0.3) is 0 Å². The van der Waals surface area contributed by atoms with E-state index in [-0.39, 0.29) is 6.10 Å². The predicted octanol–water partition coefficient (Wildman–Crippen LogP) is 2.94. The standard InChI is InChI=1S/C20H21N5O2/c1-13(26)14-7-8-18-17(10-14)22-12-25(18)16-6-4-5-15(9-16)19(27-3)20-21-11-23-24(20)2/h4-13,19,26H,1-3H3. The molecule has 7 nitrogen and oxygen atoms in total. The van der Waals surface area contributed by atoms with Crippen molar-refractivity contribution < 1.29 is 9.84 Å². The minimum Gasteiger partial charge on any atom is -0.389 e. The number of nitrogens with zero attached hydrogens (tertiary/aromatic N) is 5. The van der Waals surface area contributed by atoms with Gasteiger partial charge in [0.05, 0.1) is 17.1 Å². The van der Waals surface area contributed by atoms with Gasteiger partial charge in [-0.15, -0.1) is 0 Å². The van der Waals surface area contributed by atoms with E-state index in [0.717, 1.165) is 33.7 Å². The Bertz CT molecular complexity index is 1080. The molecule has 2 heterocycles. The van der Waals surface area contributed by atoms with Crippen molar-refractivity contribution >= 4 is 11.0 Å². The van der Waals surface area contributed by atoms with E-state index in [1.807, 2.05) is 48.0 Å². The zero-order valence-electron chi connectivity index (χ0n) is 15.4. The van der Waals surface area contributed by atoms with Crippen LogP contribution in [-0.2, 0) is 11.8 Å². The number of hydrogen-bond donors (Lipinski definition) is 1. The molecule has 0 aliphatic heterocycles. The number of hydrogen-bond acceptors (Lipinski definition) is 5. The van der Waals surface area contributed by atoms with E-state index in [1.165, 1.54) is 6.33 Å². The Morgan fingerprint density at radius 3 is 2.63 bits per heavy atom.